The van der Waals surface area contributed by atoms with Gasteiger partial charge in [0, 0.05) is 19.5 Å². The summed E-state index contributed by atoms with van der Waals surface area (Å²) in [6, 6.07) is 23.0. The summed E-state index contributed by atoms with van der Waals surface area (Å²) in [5.41, 5.74) is 3.78. The Kier molecular flexibility index (Phi) is 8.76. The molecule has 172 valence electrons. The van der Waals surface area contributed by atoms with Gasteiger partial charge >= 0.3 is 0 Å². The molecule has 3 rings (SSSR count). The second-order valence-electron chi connectivity index (χ2n) is 8.31. The summed E-state index contributed by atoms with van der Waals surface area (Å²) in [5, 5.41) is 2.97. The Morgan fingerprint density at radius 3 is 2.15 bits per heavy atom. The molecule has 0 aliphatic heterocycles. The Morgan fingerprint density at radius 2 is 1.52 bits per heavy atom. The minimum absolute atomic E-state index is 0.0957. The first-order valence-electron chi connectivity index (χ1n) is 11.4. The van der Waals surface area contributed by atoms with Gasteiger partial charge in [0.2, 0.25) is 11.8 Å². The van der Waals surface area contributed by atoms with E-state index in [-0.39, 0.29) is 24.1 Å². The Hall–Kier alpha value is -3.47. The van der Waals surface area contributed by atoms with Crippen molar-refractivity contribution in [1.82, 2.24) is 10.2 Å². The molecule has 0 fully saturated rings. The molecular weight excluding hydrogens is 415 g/mol. The molecule has 0 saturated carbocycles. The largest absolute Gasteiger partial charge is 0.354 e. The molecule has 1 atom stereocenters. The van der Waals surface area contributed by atoms with Crippen molar-refractivity contribution in [2.75, 3.05) is 6.54 Å². The lowest BCUT2D eigenvalue weighted by Crippen LogP contribution is -2.51. The van der Waals surface area contributed by atoms with Crippen LogP contribution in [0.4, 0.5) is 4.39 Å². The molecule has 5 heteroatoms. The van der Waals surface area contributed by atoms with Crippen molar-refractivity contribution >= 4 is 11.8 Å². The van der Waals surface area contributed by atoms with Gasteiger partial charge in [-0.25, -0.2) is 4.39 Å². The van der Waals surface area contributed by atoms with E-state index in [1.807, 2.05) is 68.4 Å². The molecule has 0 aliphatic carbocycles. The molecular formula is C28H31FN2O2. The lowest BCUT2D eigenvalue weighted by molar-refractivity contribution is -0.140. The standard InChI is InChI=1S/C28H31FN2O2/c1-3-17-30-28(33)26(18-22-7-5-4-6-8-22)31(20-24-11-9-21(2)10-12-24)27(32)19-23-13-15-25(29)16-14-23/h4-16,26H,3,17-20H2,1-2H3,(H,30,33)/t26-/m0/s1. The normalized spacial score (nSPS) is 11.6. The quantitative estimate of drug-likeness (QED) is 0.484. The van der Waals surface area contributed by atoms with E-state index in [4.69, 9.17) is 0 Å². The second kappa shape index (κ2) is 12.0. The van der Waals surface area contributed by atoms with Crippen molar-refractivity contribution in [1.29, 1.82) is 0 Å². The maximum Gasteiger partial charge on any atom is 0.243 e. The van der Waals surface area contributed by atoms with Gasteiger partial charge in [0.05, 0.1) is 6.42 Å². The molecule has 0 bridgehead atoms. The van der Waals surface area contributed by atoms with Crippen LogP contribution in [-0.4, -0.2) is 29.3 Å². The molecule has 0 radical (unpaired) electrons. The van der Waals surface area contributed by atoms with E-state index in [9.17, 15) is 14.0 Å². The first-order chi connectivity index (χ1) is 16.0. The summed E-state index contributed by atoms with van der Waals surface area (Å²) in [4.78, 5) is 28.4. The van der Waals surface area contributed by atoms with Crippen LogP contribution < -0.4 is 5.32 Å². The Morgan fingerprint density at radius 1 is 0.879 bits per heavy atom. The van der Waals surface area contributed by atoms with Gasteiger partial charge in [0.1, 0.15) is 11.9 Å². The minimum atomic E-state index is -0.659. The number of hydrogen-bond acceptors (Lipinski definition) is 2. The van der Waals surface area contributed by atoms with E-state index in [0.29, 0.717) is 25.1 Å². The number of rotatable bonds is 10. The van der Waals surface area contributed by atoms with E-state index in [1.165, 1.54) is 12.1 Å². The second-order valence-corrected chi connectivity index (χ2v) is 8.31. The highest BCUT2D eigenvalue weighted by atomic mass is 19.1. The number of nitrogens with one attached hydrogen (secondary N) is 1. The summed E-state index contributed by atoms with van der Waals surface area (Å²) in [5.74, 6) is -0.682. The van der Waals surface area contributed by atoms with Crippen LogP contribution in [0.3, 0.4) is 0 Å². The van der Waals surface area contributed by atoms with Crippen LogP contribution in [0.15, 0.2) is 78.9 Å². The third-order valence-corrected chi connectivity index (χ3v) is 5.56. The predicted molar refractivity (Wildman–Crippen MR) is 129 cm³/mol. The monoisotopic (exact) mass is 446 g/mol. The Labute approximate surface area is 195 Å². The Bertz CT molecular complexity index is 1030. The van der Waals surface area contributed by atoms with Crippen molar-refractivity contribution in [2.24, 2.45) is 0 Å². The van der Waals surface area contributed by atoms with Gasteiger partial charge in [-0.3, -0.25) is 9.59 Å². The molecule has 1 N–H and O–H groups in total. The average Bonchev–Trinajstić information content (AvgIpc) is 2.83. The molecule has 33 heavy (non-hydrogen) atoms. The average molecular weight is 447 g/mol. The smallest absolute Gasteiger partial charge is 0.243 e. The minimum Gasteiger partial charge on any atom is -0.354 e. The number of carbonyl (C=O) groups is 2. The summed E-state index contributed by atoms with van der Waals surface area (Å²) in [6.45, 7) is 4.87. The topological polar surface area (TPSA) is 49.4 Å². The predicted octanol–water partition coefficient (Wildman–Crippen LogP) is 4.84. The summed E-state index contributed by atoms with van der Waals surface area (Å²) in [7, 11) is 0. The number of nitrogens with zero attached hydrogens (tertiary/aromatic N) is 1. The molecule has 0 aliphatic rings. The molecule has 0 aromatic heterocycles. The fourth-order valence-corrected chi connectivity index (χ4v) is 3.69. The number of aryl methyl sites for hydroxylation is 1. The molecule has 2 amide bonds. The van der Waals surface area contributed by atoms with Gasteiger partial charge in [0.25, 0.3) is 0 Å². The van der Waals surface area contributed by atoms with Crippen molar-refractivity contribution < 1.29 is 14.0 Å². The Balaban J connectivity index is 1.93. The third kappa shape index (κ3) is 7.28. The zero-order chi connectivity index (χ0) is 23.6. The van der Waals surface area contributed by atoms with Crippen LogP contribution in [-0.2, 0) is 29.0 Å². The number of amides is 2. The van der Waals surface area contributed by atoms with Crippen molar-refractivity contribution in [3.05, 3.63) is 107 Å². The molecule has 3 aromatic rings. The highest BCUT2D eigenvalue weighted by Crippen LogP contribution is 2.17. The molecule has 4 nitrogen and oxygen atoms in total. The van der Waals surface area contributed by atoms with Crippen molar-refractivity contribution in [3.8, 4) is 0 Å². The zero-order valence-corrected chi connectivity index (χ0v) is 19.3. The van der Waals surface area contributed by atoms with E-state index >= 15 is 0 Å². The number of hydrogen-bond donors (Lipinski definition) is 1. The molecule has 0 spiro atoms. The van der Waals surface area contributed by atoms with Gasteiger partial charge < -0.3 is 10.2 Å². The summed E-state index contributed by atoms with van der Waals surface area (Å²) < 4.78 is 13.3. The van der Waals surface area contributed by atoms with E-state index in [2.05, 4.69) is 5.32 Å². The first kappa shape index (κ1) is 24.2. The van der Waals surface area contributed by atoms with Gasteiger partial charge in [-0.05, 0) is 42.2 Å². The number of carbonyl (C=O) groups excluding carboxylic acids is 2. The molecule has 0 saturated heterocycles. The molecule has 0 unspecified atom stereocenters. The van der Waals surface area contributed by atoms with E-state index in [0.717, 1.165) is 23.1 Å². The summed E-state index contributed by atoms with van der Waals surface area (Å²) >= 11 is 0. The molecule has 0 heterocycles. The zero-order valence-electron chi connectivity index (χ0n) is 19.3. The molecule has 3 aromatic carbocycles. The highest BCUT2D eigenvalue weighted by molar-refractivity contribution is 5.88. The lowest BCUT2D eigenvalue weighted by Gasteiger charge is -2.31. The maximum atomic E-state index is 13.5. The fourth-order valence-electron chi connectivity index (χ4n) is 3.69. The van der Waals surface area contributed by atoms with Crippen molar-refractivity contribution in [3.63, 3.8) is 0 Å². The van der Waals surface area contributed by atoms with Crippen LogP contribution in [0.2, 0.25) is 0 Å². The first-order valence-corrected chi connectivity index (χ1v) is 11.4. The van der Waals surface area contributed by atoms with Gasteiger partial charge in [-0.15, -0.1) is 0 Å². The number of benzene rings is 3. The van der Waals surface area contributed by atoms with Crippen LogP contribution in [0, 0.1) is 12.7 Å². The van der Waals surface area contributed by atoms with Crippen molar-refractivity contribution in [2.45, 2.75) is 45.7 Å². The van der Waals surface area contributed by atoms with Crippen LogP contribution in [0.1, 0.15) is 35.6 Å². The van der Waals surface area contributed by atoms with E-state index < -0.39 is 6.04 Å². The van der Waals surface area contributed by atoms with E-state index in [1.54, 1.807) is 17.0 Å². The van der Waals surface area contributed by atoms with Gasteiger partial charge in [-0.2, -0.15) is 0 Å². The van der Waals surface area contributed by atoms with Gasteiger partial charge in [0.15, 0.2) is 0 Å². The van der Waals surface area contributed by atoms with Crippen LogP contribution in [0.25, 0.3) is 0 Å². The maximum absolute atomic E-state index is 13.5. The fraction of sp³-hybridized carbons (Fsp3) is 0.286. The third-order valence-electron chi connectivity index (χ3n) is 5.56. The van der Waals surface area contributed by atoms with Crippen LogP contribution >= 0.6 is 0 Å². The summed E-state index contributed by atoms with van der Waals surface area (Å²) in [6.07, 6.45) is 1.32. The number of halogens is 1. The van der Waals surface area contributed by atoms with Gasteiger partial charge in [-0.1, -0.05) is 79.2 Å². The SMILES string of the molecule is CCCNC(=O)[C@H](Cc1ccccc1)N(Cc1ccc(C)cc1)C(=O)Cc1ccc(F)cc1. The van der Waals surface area contributed by atoms with Crippen LogP contribution in [0.5, 0.6) is 0 Å². The lowest BCUT2D eigenvalue weighted by atomic mass is 10.0. The highest BCUT2D eigenvalue weighted by Gasteiger charge is 2.30.